The Hall–Kier alpha value is -0.930. The van der Waals surface area contributed by atoms with Crippen molar-refractivity contribution in [1.29, 1.82) is 0 Å². The second-order valence-electron chi connectivity index (χ2n) is 5.29. The molecule has 0 bridgehead atoms. The molecule has 3 heteroatoms. The summed E-state index contributed by atoms with van der Waals surface area (Å²) in [5.41, 5.74) is 1.24. The summed E-state index contributed by atoms with van der Waals surface area (Å²) in [6.07, 6.45) is 7.64. The van der Waals surface area contributed by atoms with Gasteiger partial charge in [0.2, 0.25) is 11.6 Å². The normalized spacial score (nSPS) is 35.4. The minimum Gasteiger partial charge on any atom is -0.346 e. The average molecular weight is 236 g/mol. The van der Waals surface area contributed by atoms with Crippen molar-refractivity contribution in [2.75, 3.05) is 14.2 Å². The zero-order valence-corrected chi connectivity index (χ0v) is 10.9. The quantitative estimate of drug-likeness (QED) is 0.546. The summed E-state index contributed by atoms with van der Waals surface area (Å²) in [7, 11) is 3.10. The molecular formula is C14H20O3. The summed E-state index contributed by atoms with van der Waals surface area (Å²) in [4.78, 5) is 12.1. The Morgan fingerprint density at radius 3 is 2.59 bits per heavy atom. The van der Waals surface area contributed by atoms with E-state index in [1.165, 1.54) is 5.57 Å². The van der Waals surface area contributed by atoms with Gasteiger partial charge in [0, 0.05) is 20.1 Å². The lowest BCUT2D eigenvalue weighted by Crippen LogP contribution is -2.57. The zero-order valence-electron chi connectivity index (χ0n) is 10.9. The second kappa shape index (κ2) is 4.07. The second-order valence-corrected chi connectivity index (χ2v) is 5.29. The Morgan fingerprint density at radius 2 is 2.00 bits per heavy atom. The number of hydrogen-bond acceptors (Lipinski definition) is 3. The van der Waals surface area contributed by atoms with Gasteiger partial charge in [0.05, 0.1) is 0 Å². The number of carbonyl (C=O) groups is 1. The third-order valence-corrected chi connectivity index (χ3v) is 4.24. The summed E-state index contributed by atoms with van der Waals surface area (Å²) in [5, 5.41) is 0. The standard InChI is InChI=1S/C14H20O3/c1-10-5-7-13(2)8-6-12(15)14(16-3,17-4)11(13)9-10/h5-6,8,11H,7,9H2,1-4H3/t11-,13-/m0/s1. The van der Waals surface area contributed by atoms with E-state index in [0.717, 1.165) is 12.8 Å². The molecule has 0 radical (unpaired) electrons. The smallest absolute Gasteiger partial charge is 0.236 e. The topological polar surface area (TPSA) is 35.5 Å². The highest BCUT2D eigenvalue weighted by Crippen LogP contribution is 2.51. The molecule has 94 valence electrons. The van der Waals surface area contributed by atoms with Gasteiger partial charge in [0.15, 0.2) is 0 Å². The molecule has 0 saturated heterocycles. The van der Waals surface area contributed by atoms with Crippen LogP contribution in [0.4, 0.5) is 0 Å². The Balaban J connectivity index is 2.50. The monoisotopic (exact) mass is 236 g/mol. The molecule has 0 spiro atoms. The molecule has 0 aromatic rings. The first-order valence-electron chi connectivity index (χ1n) is 5.98. The van der Waals surface area contributed by atoms with Gasteiger partial charge in [0.1, 0.15) is 0 Å². The van der Waals surface area contributed by atoms with Gasteiger partial charge in [-0.2, -0.15) is 0 Å². The minimum atomic E-state index is -1.11. The molecular weight excluding hydrogens is 216 g/mol. The van der Waals surface area contributed by atoms with E-state index in [4.69, 9.17) is 9.47 Å². The molecule has 2 aliphatic carbocycles. The van der Waals surface area contributed by atoms with Crippen LogP contribution in [0, 0.1) is 11.3 Å². The molecule has 0 aromatic carbocycles. The van der Waals surface area contributed by atoms with Crippen LogP contribution >= 0.6 is 0 Å². The Morgan fingerprint density at radius 1 is 1.35 bits per heavy atom. The van der Waals surface area contributed by atoms with Crippen LogP contribution in [0.3, 0.4) is 0 Å². The summed E-state index contributed by atoms with van der Waals surface area (Å²) in [5.74, 6) is -1.15. The number of ketones is 1. The van der Waals surface area contributed by atoms with Crippen LogP contribution < -0.4 is 0 Å². The predicted octanol–water partition coefficient (Wildman–Crippen LogP) is 2.48. The maximum Gasteiger partial charge on any atom is 0.236 e. The van der Waals surface area contributed by atoms with Crippen molar-refractivity contribution in [3.05, 3.63) is 23.8 Å². The van der Waals surface area contributed by atoms with Crippen LogP contribution in [0.15, 0.2) is 23.8 Å². The third kappa shape index (κ3) is 1.69. The minimum absolute atomic E-state index is 0.0486. The molecule has 3 nitrogen and oxygen atoms in total. The van der Waals surface area contributed by atoms with Gasteiger partial charge in [-0.15, -0.1) is 0 Å². The third-order valence-electron chi connectivity index (χ3n) is 4.24. The number of hydrogen-bond donors (Lipinski definition) is 0. The van der Waals surface area contributed by atoms with Crippen molar-refractivity contribution >= 4 is 5.78 Å². The molecule has 2 aliphatic rings. The van der Waals surface area contributed by atoms with Gasteiger partial charge in [-0.05, 0) is 31.3 Å². The van der Waals surface area contributed by atoms with Gasteiger partial charge in [-0.25, -0.2) is 0 Å². The fraction of sp³-hybridized carbons (Fsp3) is 0.643. The van der Waals surface area contributed by atoms with E-state index < -0.39 is 5.79 Å². The molecule has 2 rings (SSSR count). The highest BCUT2D eigenvalue weighted by molar-refractivity contribution is 5.97. The van der Waals surface area contributed by atoms with Crippen molar-refractivity contribution < 1.29 is 14.3 Å². The lowest BCUT2D eigenvalue weighted by atomic mass is 9.61. The van der Waals surface area contributed by atoms with Crippen LogP contribution in [0.2, 0.25) is 0 Å². The molecule has 0 unspecified atom stereocenters. The van der Waals surface area contributed by atoms with Crippen LogP contribution in [0.1, 0.15) is 26.7 Å². The van der Waals surface area contributed by atoms with E-state index >= 15 is 0 Å². The Labute approximate surface area is 102 Å². The first kappa shape index (κ1) is 12.5. The average Bonchev–Trinajstić information content (AvgIpc) is 2.33. The highest BCUT2D eigenvalue weighted by Gasteiger charge is 2.55. The van der Waals surface area contributed by atoms with Gasteiger partial charge in [0.25, 0.3) is 0 Å². The zero-order chi connectivity index (χ0) is 12.7. The lowest BCUT2D eigenvalue weighted by molar-refractivity contribution is -0.243. The fourth-order valence-electron chi connectivity index (χ4n) is 3.05. The van der Waals surface area contributed by atoms with Gasteiger partial charge >= 0.3 is 0 Å². The number of methoxy groups -OCH3 is 2. The Kier molecular flexibility index (Phi) is 3.00. The molecule has 0 heterocycles. The van der Waals surface area contributed by atoms with E-state index in [1.807, 2.05) is 6.08 Å². The van der Waals surface area contributed by atoms with Gasteiger partial charge < -0.3 is 9.47 Å². The molecule has 17 heavy (non-hydrogen) atoms. The van der Waals surface area contributed by atoms with Crippen LogP contribution in [0.25, 0.3) is 0 Å². The summed E-state index contributed by atoms with van der Waals surface area (Å²) in [6.45, 7) is 4.26. The maximum absolute atomic E-state index is 12.1. The number of rotatable bonds is 2. The molecule has 0 aromatic heterocycles. The number of fused-ring (bicyclic) bond motifs is 1. The van der Waals surface area contributed by atoms with E-state index in [-0.39, 0.29) is 17.1 Å². The fourth-order valence-corrected chi connectivity index (χ4v) is 3.05. The number of ether oxygens (including phenoxy) is 2. The van der Waals surface area contributed by atoms with Crippen molar-refractivity contribution in [3.8, 4) is 0 Å². The van der Waals surface area contributed by atoms with E-state index in [9.17, 15) is 4.79 Å². The predicted molar refractivity (Wildman–Crippen MR) is 65.5 cm³/mol. The van der Waals surface area contributed by atoms with Crippen LogP contribution in [-0.2, 0) is 14.3 Å². The summed E-state index contributed by atoms with van der Waals surface area (Å²) in [6, 6.07) is 0. The number of carbonyl (C=O) groups excluding carboxylic acids is 1. The molecule has 0 fully saturated rings. The first-order valence-corrected chi connectivity index (χ1v) is 5.98. The Bertz CT molecular complexity index is 390. The number of allylic oxidation sites excluding steroid dienone is 3. The largest absolute Gasteiger partial charge is 0.346 e. The summed E-state index contributed by atoms with van der Waals surface area (Å²) < 4.78 is 10.9. The van der Waals surface area contributed by atoms with E-state index in [1.54, 1.807) is 20.3 Å². The maximum atomic E-state index is 12.1. The van der Waals surface area contributed by atoms with Gasteiger partial charge in [-0.3, -0.25) is 4.79 Å². The van der Waals surface area contributed by atoms with Crippen molar-refractivity contribution in [1.82, 2.24) is 0 Å². The van der Waals surface area contributed by atoms with Crippen molar-refractivity contribution in [2.45, 2.75) is 32.5 Å². The first-order chi connectivity index (χ1) is 7.98. The van der Waals surface area contributed by atoms with Crippen molar-refractivity contribution in [3.63, 3.8) is 0 Å². The SMILES string of the molecule is COC1(OC)C(=O)C=C[C@]2(C)CC=C(C)C[C@H]12. The van der Waals surface area contributed by atoms with Crippen LogP contribution in [0.5, 0.6) is 0 Å². The molecule has 0 amide bonds. The lowest BCUT2D eigenvalue weighted by Gasteiger charge is -2.49. The summed E-state index contributed by atoms with van der Waals surface area (Å²) >= 11 is 0. The molecule has 0 N–H and O–H groups in total. The van der Waals surface area contributed by atoms with Crippen molar-refractivity contribution in [2.24, 2.45) is 11.3 Å². The molecule has 2 atom stereocenters. The van der Waals surface area contributed by atoms with Gasteiger partial charge in [-0.1, -0.05) is 24.6 Å². The van der Waals surface area contributed by atoms with E-state index in [2.05, 4.69) is 19.9 Å². The van der Waals surface area contributed by atoms with Crippen LogP contribution in [-0.4, -0.2) is 25.8 Å². The van der Waals surface area contributed by atoms with E-state index in [0.29, 0.717) is 0 Å². The molecule has 0 saturated carbocycles. The molecule has 0 aliphatic heterocycles. The highest BCUT2D eigenvalue weighted by atomic mass is 16.7.